The highest BCUT2D eigenvalue weighted by molar-refractivity contribution is 5.84. The summed E-state index contributed by atoms with van der Waals surface area (Å²) in [6.07, 6.45) is 2.66. The van der Waals surface area contributed by atoms with E-state index in [0.29, 0.717) is 18.7 Å². The lowest BCUT2D eigenvalue weighted by atomic mass is 9.82. The molecule has 1 saturated heterocycles. The molecule has 1 aromatic heterocycles. The van der Waals surface area contributed by atoms with Crippen molar-refractivity contribution < 1.29 is 9.53 Å². The second-order valence-electron chi connectivity index (χ2n) is 4.21. The SMILES string of the molecule is CCC1(C(=O)N=c2ccccn2C)COC1. The van der Waals surface area contributed by atoms with Gasteiger partial charge in [0.05, 0.1) is 18.6 Å². The van der Waals surface area contributed by atoms with Crippen LogP contribution in [0.25, 0.3) is 0 Å². The molecule has 1 aliphatic rings. The van der Waals surface area contributed by atoms with E-state index in [4.69, 9.17) is 4.74 Å². The first kappa shape index (κ1) is 11.1. The Labute approximate surface area is 94.6 Å². The first-order valence-corrected chi connectivity index (χ1v) is 5.46. The van der Waals surface area contributed by atoms with Gasteiger partial charge in [-0.3, -0.25) is 4.79 Å². The van der Waals surface area contributed by atoms with Gasteiger partial charge < -0.3 is 9.30 Å². The van der Waals surface area contributed by atoms with Gasteiger partial charge in [-0.2, -0.15) is 4.99 Å². The highest BCUT2D eigenvalue weighted by atomic mass is 16.5. The lowest BCUT2D eigenvalue weighted by Gasteiger charge is -2.37. The zero-order valence-corrected chi connectivity index (χ0v) is 9.64. The first-order chi connectivity index (χ1) is 7.68. The Balaban J connectivity index is 2.31. The van der Waals surface area contributed by atoms with Gasteiger partial charge in [-0.25, -0.2) is 0 Å². The van der Waals surface area contributed by atoms with Crippen LogP contribution in [0.3, 0.4) is 0 Å². The van der Waals surface area contributed by atoms with Crippen LogP contribution in [0.4, 0.5) is 0 Å². The van der Waals surface area contributed by atoms with Crippen LogP contribution in [0.1, 0.15) is 13.3 Å². The average molecular weight is 220 g/mol. The van der Waals surface area contributed by atoms with E-state index in [1.54, 1.807) is 0 Å². The number of rotatable bonds is 2. The molecule has 0 aliphatic carbocycles. The number of aromatic nitrogens is 1. The minimum atomic E-state index is -0.372. The number of hydrogen-bond donors (Lipinski definition) is 0. The second kappa shape index (κ2) is 4.22. The van der Waals surface area contributed by atoms with Gasteiger partial charge >= 0.3 is 0 Å². The third-order valence-corrected chi connectivity index (χ3v) is 3.13. The van der Waals surface area contributed by atoms with Crippen molar-refractivity contribution in [3.63, 3.8) is 0 Å². The maximum absolute atomic E-state index is 12.0. The van der Waals surface area contributed by atoms with Crippen molar-refractivity contribution >= 4 is 5.91 Å². The molecule has 2 heterocycles. The molecule has 0 N–H and O–H groups in total. The summed E-state index contributed by atoms with van der Waals surface area (Å²) in [4.78, 5) is 16.2. The van der Waals surface area contributed by atoms with Crippen LogP contribution in [0.2, 0.25) is 0 Å². The zero-order valence-electron chi connectivity index (χ0n) is 9.64. The van der Waals surface area contributed by atoms with Crippen LogP contribution >= 0.6 is 0 Å². The molecule has 4 nitrogen and oxygen atoms in total. The lowest BCUT2D eigenvalue weighted by Crippen LogP contribution is -2.48. The van der Waals surface area contributed by atoms with E-state index < -0.39 is 0 Å². The maximum Gasteiger partial charge on any atom is 0.258 e. The standard InChI is InChI=1S/C12H16N2O2/c1-3-12(8-16-9-12)11(15)13-10-6-4-5-7-14(10)2/h4-7H,3,8-9H2,1-2H3. The molecule has 0 radical (unpaired) electrons. The summed E-state index contributed by atoms with van der Waals surface area (Å²) in [6.45, 7) is 3.01. The van der Waals surface area contributed by atoms with Gasteiger partial charge in [0.2, 0.25) is 0 Å². The van der Waals surface area contributed by atoms with E-state index in [1.807, 2.05) is 42.9 Å². The number of aryl methyl sites for hydroxylation is 1. The minimum Gasteiger partial charge on any atom is -0.379 e. The summed E-state index contributed by atoms with van der Waals surface area (Å²) in [6, 6.07) is 5.62. The highest BCUT2D eigenvalue weighted by Crippen LogP contribution is 2.32. The van der Waals surface area contributed by atoms with Crippen LogP contribution in [0.5, 0.6) is 0 Å². The number of carbonyl (C=O) groups is 1. The average Bonchev–Trinajstić information content (AvgIpc) is 2.21. The molecule has 1 aliphatic heterocycles. The Bertz CT molecular complexity index is 453. The summed E-state index contributed by atoms with van der Waals surface area (Å²) in [5, 5.41) is 0. The fourth-order valence-electron chi connectivity index (χ4n) is 1.68. The Kier molecular flexibility index (Phi) is 2.92. The van der Waals surface area contributed by atoms with E-state index in [1.165, 1.54) is 0 Å². The molecule has 0 saturated carbocycles. The fraction of sp³-hybridized carbons (Fsp3) is 0.500. The van der Waals surface area contributed by atoms with Crippen molar-refractivity contribution in [3.8, 4) is 0 Å². The van der Waals surface area contributed by atoms with E-state index in [-0.39, 0.29) is 11.3 Å². The third-order valence-electron chi connectivity index (χ3n) is 3.13. The van der Waals surface area contributed by atoms with Crippen molar-refractivity contribution in [3.05, 3.63) is 29.9 Å². The van der Waals surface area contributed by atoms with Crippen LogP contribution < -0.4 is 5.49 Å². The number of ether oxygens (including phenoxy) is 1. The van der Waals surface area contributed by atoms with Crippen LogP contribution in [0, 0.1) is 5.41 Å². The number of amides is 1. The van der Waals surface area contributed by atoms with Gasteiger partial charge in [0.1, 0.15) is 5.49 Å². The van der Waals surface area contributed by atoms with Crippen molar-refractivity contribution in [1.29, 1.82) is 0 Å². The Hall–Kier alpha value is -1.42. The molecule has 1 fully saturated rings. The summed E-state index contributed by atoms with van der Waals surface area (Å²) >= 11 is 0. The van der Waals surface area contributed by atoms with Crippen LogP contribution in [-0.4, -0.2) is 23.7 Å². The molecule has 2 rings (SSSR count). The molecular formula is C12H16N2O2. The summed E-state index contributed by atoms with van der Waals surface area (Å²) in [5.74, 6) is -0.0666. The van der Waals surface area contributed by atoms with Gasteiger partial charge in [0.25, 0.3) is 5.91 Å². The lowest BCUT2D eigenvalue weighted by molar-refractivity contribution is -0.158. The molecule has 0 unspecified atom stereocenters. The molecule has 4 heteroatoms. The monoisotopic (exact) mass is 220 g/mol. The number of nitrogens with zero attached hydrogens (tertiary/aromatic N) is 2. The number of pyridine rings is 1. The Morgan fingerprint density at radius 1 is 1.56 bits per heavy atom. The van der Waals surface area contributed by atoms with Crippen LogP contribution in [-0.2, 0) is 16.6 Å². The fourth-order valence-corrected chi connectivity index (χ4v) is 1.68. The molecule has 1 amide bonds. The molecule has 86 valence electrons. The van der Waals surface area contributed by atoms with E-state index >= 15 is 0 Å². The van der Waals surface area contributed by atoms with Crippen molar-refractivity contribution in [2.75, 3.05) is 13.2 Å². The van der Waals surface area contributed by atoms with Crippen molar-refractivity contribution in [1.82, 2.24) is 4.57 Å². The number of hydrogen-bond acceptors (Lipinski definition) is 2. The van der Waals surface area contributed by atoms with E-state index in [9.17, 15) is 4.79 Å². The maximum atomic E-state index is 12.0. The predicted molar refractivity (Wildman–Crippen MR) is 59.5 cm³/mol. The van der Waals surface area contributed by atoms with Gasteiger partial charge in [-0.1, -0.05) is 13.0 Å². The van der Waals surface area contributed by atoms with Crippen LogP contribution in [0.15, 0.2) is 29.4 Å². The van der Waals surface area contributed by atoms with Crippen molar-refractivity contribution in [2.24, 2.45) is 17.5 Å². The molecule has 16 heavy (non-hydrogen) atoms. The largest absolute Gasteiger partial charge is 0.379 e. The smallest absolute Gasteiger partial charge is 0.258 e. The van der Waals surface area contributed by atoms with E-state index in [2.05, 4.69) is 4.99 Å². The molecule has 0 atom stereocenters. The Morgan fingerprint density at radius 3 is 2.81 bits per heavy atom. The zero-order chi connectivity index (χ0) is 11.6. The highest BCUT2D eigenvalue weighted by Gasteiger charge is 2.44. The van der Waals surface area contributed by atoms with Gasteiger partial charge in [0, 0.05) is 13.2 Å². The van der Waals surface area contributed by atoms with Gasteiger partial charge in [-0.15, -0.1) is 0 Å². The summed E-state index contributed by atoms with van der Waals surface area (Å²) < 4.78 is 6.96. The Morgan fingerprint density at radius 2 is 2.31 bits per heavy atom. The van der Waals surface area contributed by atoms with Crippen molar-refractivity contribution in [2.45, 2.75) is 13.3 Å². The predicted octanol–water partition coefficient (Wildman–Crippen LogP) is 0.879. The van der Waals surface area contributed by atoms with E-state index in [0.717, 1.165) is 6.42 Å². The number of carbonyl (C=O) groups excluding carboxylic acids is 1. The summed E-state index contributed by atoms with van der Waals surface area (Å²) in [5.41, 5.74) is 0.315. The van der Waals surface area contributed by atoms with Gasteiger partial charge in [0.15, 0.2) is 0 Å². The van der Waals surface area contributed by atoms with Gasteiger partial charge in [-0.05, 0) is 18.6 Å². The first-order valence-electron chi connectivity index (χ1n) is 5.46. The molecule has 0 bridgehead atoms. The topological polar surface area (TPSA) is 43.6 Å². The summed E-state index contributed by atoms with van der Waals surface area (Å²) in [7, 11) is 1.88. The molecule has 1 aromatic rings. The molecule has 0 spiro atoms. The molecule has 0 aromatic carbocycles. The third kappa shape index (κ3) is 1.80. The quantitative estimate of drug-likeness (QED) is 0.742. The second-order valence-corrected chi connectivity index (χ2v) is 4.21. The normalized spacial score (nSPS) is 19.2. The minimum absolute atomic E-state index is 0.0666. The molecular weight excluding hydrogens is 204 g/mol.